The first-order valence-corrected chi connectivity index (χ1v) is 5.29. The zero-order valence-corrected chi connectivity index (χ0v) is 9.03. The number of nitrogens with one attached hydrogen (secondary N) is 1. The molecule has 3 N–H and O–H groups in total. The Morgan fingerprint density at radius 2 is 1.93 bits per heavy atom. The van der Waals surface area contributed by atoms with Crippen molar-refractivity contribution in [1.82, 2.24) is 5.43 Å². The van der Waals surface area contributed by atoms with Crippen LogP contribution >= 0.6 is 0 Å². The fourth-order valence-electron chi connectivity index (χ4n) is 1.55. The van der Waals surface area contributed by atoms with Crippen LogP contribution in [0.1, 0.15) is 38.3 Å². The predicted octanol–water partition coefficient (Wildman–Crippen LogP) is 2.63. The van der Waals surface area contributed by atoms with E-state index < -0.39 is 0 Å². The lowest BCUT2D eigenvalue weighted by molar-refractivity contribution is 0.408. The molecule has 2 heteroatoms. The molecule has 0 heterocycles. The van der Waals surface area contributed by atoms with Crippen molar-refractivity contribution in [2.24, 2.45) is 11.8 Å². The fraction of sp³-hybridized carbons (Fsp3) is 0.500. The topological polar surface area (TPSA) is 38.0 Å². The van der Waals surface area contributed by atoms with Gasteiger partial charge in [0.15, 0.2) is 0 Å². The standard InChI is InChI=1S/C12H20N2/c1-3-10(2)9-12(14-13)11-7-5-4-6-8-11/h4-8,10,12,14H,3,9,13H2,1-2H3. The van der Waals surface area contributed by atoms with Crippen molar-refractivity contribution >= 4 is 0 Å². The lowest BCUT2D eigenvalue weighted by atomic mass is 9.95. The van der Waals surface area contributed by atoms with Gasteiger partial charge >= 0.3 is 0 Å². The van der Waals surface area contributed by atoms with Crippen molar-refractivity contribution in [2.75, 3.05) is 0 Å². The Morgan fingerprint density at radius 3 is 2.43 bits per heavy atom. The molecule has 0 spiro atoms. The van der Waals surface area contributed by atoms with Gasteiger partial charge in [0.05, 0.1) is 0 Å². The van der Waals surface area contributed by atoms with E-state index >= 15 is 0 Å². The third kappa shape index (κ3) is 3.13. The van der Waals surface area contributed by atoms with Crippen LogP contribution in [0, 0.1) is 5.92 Å². The number of nitrogens with two attached hydrogens (primary N) is 1. The van der Waals surface area contributed by atoms with Crippen molar-refractivity contribution in [3.63, 3.8) is 0 Å². The minimum atomic E-state index is 0.283. The molecule has 1 aromatic carbocycles. The normalized spacial score (nSPS) is 15.1. The Kier molecular flexibility index (Phi) is 4.63. The number of hydrogen-bond acceptors (Lipinski definition) is 2. The van der Waals surface area contributed by atoms with Gasteiger partial charge in [0.2, 0.25) is 0 Å². The van der Waals surface area contributed by atoms with Gasteiger partial charge in [-0.15, -0.1) is 0 Å². The fourth-order valence-corrected chi connectivity index (χ4v) is 1.55. The highest BCUT2D eigenvalue weighted by Crippen LogP contribution is 2.21. The lowest BCUT2D eigenvalue weighted by Gasteiger charge is -2.19. The second-order valence-corrected chi connectivity index (χ2v) is 3.88. The van der Waals surface area contributed by atoms with E-state index in [1.54, 1.807) is 0 Å². The maximum atomic E-state index is 5.56. The van der Waals surface area contributed by atoms with E-state index in [-0.39, 0.29) is 6.04 Å². The Balaban J connectivity index is 2.63. The summed E-state index contributed by atoms with van der Waals surface area (Å²) in [7, 11) is 0. The van der Waals surface area contributed by atoms with Crippen molar-refractivity contribution in [1.29, 1.82) is 0 Å². The van der Waals surface area contributed by atoms with Gasteiger partial charge in [0, 0.05) is 6.04 Å². The minimum Gasteiger partial charge on any atom is -0.271 e. The van der Waals surface area contributed by atoms with E-state index in [0.29, 0.717) is 5.92 Å². The lowest BCUT2D eigenvalue weighted by Crippen LogP contribution is -2.29. The molecule has 0 bridgehead atoms. The van der Waals surface area contributed by atoms with Gasteiger partial charge in [-0.25, -0.2) is 0 Å². The summed E-state index contributed by atoms with van der Waals surface area (Å²) in [6.07, 6.45) is 2.29. The van der Waals surface area contributed by atoms with E-state index in [1.807, 2.05) is 6.07 Å². The third-order valence-electron chi connectivity index (χ3n) is 2.74. The molecule has 0 saturated heterocycles. The zero-order chi connectivity index (χ0) is 10.4. The molecule has 1 aromatic rings. The molecule has 0 saturated carbocycles. The first-order valence-electron chi connectivity index (χ1n) is 5.29. The molecule has 0 amide bonds. The molecule has 2 nitrogen and oxygen atoms in total. The van der Waals surface area contributed by atoms with Crippen molar-refractivity contribution in [3.8, 4) is 0 Å². The molecule has 14 heavy (non-hydrogen) atoms. The molecule has 0 aliphatic rings. The Bertz CT molecular complexity index is 246. The summed E-state index contributed by atoms with van der Waals surface area (Å²) in [5.74, 6) is 6.26. The second-order valence-electron chi connectivity index (χ2n) is 3.88. The largest absolute Gasteiger partial charge is 0.271 e. The van der Waals surface area contributed by atoms with Crippen LogP contribution in [0.4, 0.5) is 0 Å². The first kappa shape index (κ1) is 11.2. The Morgan fingerprint density at radius 1 is 1.29 bits per heavy atom. The van der Waals surface area contributed by atoms with E-state index in [1.165, 1.54) is 12.0 Å². The second kappa shape index (κ2) is 5.78. The molecule has 0 fully saturated rings. The SMILES string of the molecule is CCC(C)CC(NN)c1ccccc1. The van der Waals surface area contributed by atoms with Gasteiger partial charge in [-0.3, -0.25) is 11.3 Å². The summed E-state index contributed by atoms with van der Waals surface area (Å²) in [6.45, 7) is 4.47. The Labute approximate surface area is 86.5 Å². The average molecular weight is 192 g/mol. The smallest absolute Gasteiger partial charge is 0.0462 e. The van der Waals surface area contributed by atoms with Crippen molar-refractivity contribution < 1.29 is 0 Å². The van der Waals surface area contributed by atoms with E-state index in [9.17, 15) is 0 Å². The predicted molar refractivity (Wildman–Crippen MR) is 60.6 cm³/mol. The molecule has 2 unspecified atom stereocenters. The maximum absolute atomic E-state index is 5.56. The number of benzene rings is 1. The van der Waals surface area contributed by atoms with Gasteiger partial charge in [-0.1, -0.05) is 50.6 Å². The van der Waals surface area contributed by atoms with Gasteiger partial charge in [0.1, 0.15) is 0 Å². The maximum Gasteiger partial charge on any atom is 0.0462 e. The highest BCUT2D eigenvalue weighted by molar-refractivity contribution is 5.18. The van der Waals surface area contributed by atoms with Crippen LogP contribution < -0.4 is 11.3 Å². The molecule has 0 aliphatic heterocycles. The molecule has 0 aromatic heterocycles. The third-order valence-corrected chi connectivity index (χ3v) is 2.74. The molecular weight excluding hydrogens is 172 g/mol. The van der Waals surface area contributed by atoms with Crippen LogP contribution in [-0.4, -0.2) is 0 Å². The minimum absolute atomic E-state index is 0.283. The molecule has 1 rings (SSSR count). The molecule has 78 valence electrons. The number of hydrazine groups is 1. The van der Waals surface area contributed by atoms with Gasteiger partial charge in [-0.2, -0.15) is 0 Å². The molecular formula is C12H20N2. The summed E-state index contributed by atoms with van der Waals surface area (Å²) in [4.78, 5) is 0. The summed E-state index contributed by atoms with van der Waals surface area (Å²) < 4.78 is 0. The summed E-state index contributed by atoms with van der Waals surface area (Å²) in [5, 5.41) is 0. The van der Waals surface area contributed by atoms with Crippen molar-refractivity contribution in [3.05, 3.63) is 35.9 Å². The van der Waals surface area contributed by atoms with E-state index in [0.717, 1.165) is 6.42 Å². The highest BCUT2D eigenvalue weighted by atomic mass is 15.2. The van der Waals surface area contributed by atoms with Gasteiger partial charge in [-0.05, 0) is 17.9 Å². The molecule has 0 aliphatic carbocycles. The van der Waals surface area contributed by atoms with Crippen LogP contribution in [0.3, 0.4) is 0 Å². The molecule has 2 atom stereocenters. The quantitative estimate of drug-likeness (QED) is 0.556. The highest BCUT2D eigenvalue weighted by Gasteiger charge is 2.11. The number of hydrogen-bond donors (Lipinski definition) is 2. The van der Waals surface area contributed by atoms with Crippen LogP contribution in [-0.2, 0) is 0 Å². The van der Waals surface area contributed by atoms with Gasteiger partial charge < -0.3 is 0 Å². The average Bonchev–Trinajstić information content (AvgIpc) is 2.26. The zero-order valence-electron chi connectivity index (χ0n) is 9.03. The van der Waals surface area contributed by atoms with E-state index in [2.05, 4.69) is 43.5 Å². The number of rotatable bonds is 5. The van der Waals surface area contributed by atoms with Crippen LogP contribution in [0.2, 0.25) is 0 Å². The van der Waals surface area contributed by atoms with Crippen LogP contribution in [0.15, 0.2) is 30.3 Å². The van der Waals surface area contributed by atoms with E-state index in [4.69, 9.17) is 5.84 Å². The van der Waals surface area contributed by atoms with Gasteiger partial charge in [0.25, 0.3) is 0 Å². The summed E-state index contributed by atoms with van der Waals surface area (Å²) >= 11 is 0. The summed E-state index contributed by atoms with van der Waals surface area (Å²) in [6, 6.07) is 10.7. The summed E-state index contributed by atoms with van der Waals surface area (Å²) in [5.41, 5.74) is 4.16. The van der Waals surface area contributed by atoms with Crippen molar-refractivity contribution in [2.45, 2.75) is 32.7 Å². The Hall–Kier alpha value is -0.860. The van der Waals surface area contributed by atoms with Crippen LogP contribution in [0.25, 0.3) is 0 Å². The molecule has 0 radical (unpaired) electrons. The monoisotopic (exact) mass is 192 g/mol. The van der Waals surface area contributed by atoms with Crippen LogP contribution in [0.5, 0.6) is 0 Å². The first-order chi connectivity index (χ1) is 6.77.